The Labute approximate surface area is 126 Å². The predicted molar refractivity (Wildman–Crippen MR) is 82.8 cm³/mol. The molecule has 0 amide bonds. The van der Waals surface area contributed by atoms with Crippen LogP contribution in [0.1, 0.15) is 58.6 Å². The SMILES string of the molecule is CCCNC(CCC(C)(C)C)c1ccc(OC(F)F)cc1. The van der Waals surface area contributed by atoms with Crippen molar-refractivity contribution in [2.45, 2.75) is 59.6 Å². The third kappa shape index (κ3) is 7.42. The van der Waals surface area contributed by atoms with E-state index in [0.717, 1.165) is 31.4 Å². The first-order chi connectivity index (χ1) is 9.81. The highest BCUT2D eigenvalue weighted by Gasteiger charge is 2.16. The van der Waals surface area contributed by atoms with Crippen molar-refractivity contribution in [2.24, 2.45) is 5.41 Å². The normalized spacial score (nSPS) is 13.5. The van der Waals surface area contributed by atoms with E-state index < -0.39 is 6.61 Å². The summed E-state index contributed by atoms with van der Waals surface area (Å²) in [5.74, 6) is 0.207. The Morgan fingerprint density at radius 2 is 1.76 bits per heavy atom. The lowest BCUT2D eigenvalue weighted by Gasteiger charge is -2.24. The molecule has 21 heavy (non-hydrogen) atoms. The van der Waals surface area contributed by atoms with Gasteiger partial charge in [0.1, 0.15) is 5.75 Å². The number of alkyl halides is 2. The van der Waals surface area contributed by atoms with Crippen molar-refractivity contribution in [1.82, 2.24) is 5.32 Å². The second-order valence-electron chi connectivity index (χ2n) is 6.55. The Morgan fingerprint density at radius 1 is 1.14 bits per heavy atom. The highest BCUT2D eigenvalue weighted by molar-refractivity contribution is 5.29. The molecule has 0 saturated heterocycles. The second-order valence-corrected chi connectivity index (χ2v) is 6.55. The number of hydrogen-bond acceptors (Lipinski definition) is 2. The lowest BCUT2D eigenvalue weighted by atomic mass is 9.87. The maximum atomic E-state index is 12.2. The standard InChI is InChI=1S/C17H27F2NO/c1-5-12-20-15(10-11-17(2,3)4)13-6-8-14(9-7-13)21-16(18)19/h6-9,15-16,20H,5,10-12H2,1-4H3. The van der Waals surface area contributed by atoms with Gasteiger partial charge in [0.05, 0.1) is 0 Å². The minimum Gasteiger partial charge on any atom is -0.435 e. The number of rotatable bonds is 8. The van der Waals surface area contributed by atoms with Crippen LogP contribution >= 0.6 is 0 Å². The second kappa shape index (κ2) is 8.32. The van der Waals surface area contributed by atoms with Crippen molar-refractivity contribution in [3.8, 4) is 5.75 Å². The summed E-state index contributed by atoms with van der Waals surface area (Å²) in [7, 11) is 0. The monoisotopic (exact) mass is 299 g/mol. The van der Waals surface area contributed by atoms with Crippen LogP contribution in [-0.4, -0.2) is 13.2 Å². The van der Waals surface area contributed by atoms with Gasteiger partial charge < -0.3 is 10.1 Å². The van der Waals surface area contributed by atoms with E-state index in [1.54, 1.807) is 12.1 Å². The summed E-state index contributed by atoms with van der Waals surface area (Å²) in [5.41, 5.74) is 1.40. The Morgan fingerprint density at radius 3 is 2.24 bits per heavy atom. The predicted octanol–water partition coefficient (Wildman–Crippen LogP) is 5.16. The molecule has 0 aliphatic rings. The smallest absolute Gasteiger partial charge is 0.387 e. The summed E-state index contributed by atoms with van der Waals surface area (Å²) in [5, 5.41) is 3.53. The first-order valence-electron chi connectivity index (χ1n) is 7.60. The molecule has 0 aromatic heterocycles. The summed E-state index contributed by atoms with van der Waals surface area (Å²) in [6.07, 6.45) is 3.20. The van der Waals surface area contributed by atoms with Gasteiger partial charge in [0.15, 0.2) is 0 Å². The first kappa shape index (κ1) is 17.9. The van der Waals surface area contributed by atoms with Gasteiger partial charge in [-0.15, -0.1) is 0 Å². The number of hydrogen-bond donors (Lipinski definition) is 1. The van der Waals surface area contributed by atoms with Gasteiger partial charge in [-0.25, -0.2) is 0 Å². The van der Waals surface area contributed by atoms with Crippen LogP contribution in [0.2, 0.25) is 0 Å². The molecule has 0 heterocycles. The van der Waals surface area contributed by atoms with Gasteiger partial charge in [-0.2, -0.15) is 8.78 Å². The maximum Gasteiger partial charge on any atom is 0.387 e. The van der Waals surface area contributed by atoms with E-state index in [2.05, 4.69) is 37.7 Å². The molecule has 4 heteroatoms. The van der Waals surface area contributed by atoms with E-state index in [1.807, 2.05) is 12.1 Å². The molecule has 0 radical (unpaired) electrons. The molecule has 2 nitrogen and oxygen atoms in total. The van der Waals surface area contributed by atoms with Crippen LogP contribution in [-0.2, 0) is 0 Å². The summed E-state index contributed by atoms with van der Waals surface area (Å²) in [6, 6.07) is 7.21. The fraction of sp³-hybridized carbons (Fsp3) is 0.647. The fourth-order valence-corrected chi connectivity index (χ4v) is 2.16. The molecule has 1 aromatic rings. The summed E-state index contributed by atoms with van der Waals surface area (Å²) in [6.45, 7) is 6.99. The molecule has 1 atom stereocenters. The van der Waals surface area contributed by atoms with Gasteiger partial charge in [0, 0.05) is 6.04 Å². The summed E-state index contributed by atoms with van der Waals surface area (Å²) < 4.78 is 28.7. The molecule has 1 aromatic carbocycles. The van der Waals surface area contributed by atoms with Crippen LogP contribution in [0.3, 0.4) is 0 Å². The molecule has 0 bridgehead atoms. The third-order valence-corrected chi connectivity index (χ3v) is 3.33. The number of benzene rings is 1. The van der Waals surface area contributed by atoms with Crippen molar-refractivity contribution in [1.29, 1.82) is 0 Å². The molecule has 120 valence electrons. The first-order valence-corrected chi connectivity index (χ1v) is 7.60. The zero-order valence-electron chi connectivity index (χ0n) is 13.5. The van der Waals surface area contributed by atoms with E-state index in [0.29, 0.717) is 0 Å². The molecule has 0 aliphatic carbocycles. The largest absolute Gasteiger partial charge is 0.435 e. The zero-order chi connectivity index (χ0) is 15.9. The van der Waals surface area contributed by atoms with E-state index in [-0.39, 0.29) is 17.2 Å². The average Bonchev–Trinajstić information content (AvgIpc) is 2.38. The Kier molecular flexibility index (Phi) is 7.09. The molecule has 1 unspecified atom stereocenters. The van der Waals surface area contributed by atoms with E-state index in [1.165, 1.54) is 0 Å². The Bertz CT molecular complexity index is 398. The van der Waals surface area contributed by atoms with Gasteiger partial charge in [-0.05, 0) is 48.9 Å². The average molecular weight is 299 g/mol. The lowest BCUT2D eigenvalue weighted by molar-refractivity contribution is -0.0498. The minimum atomic E-state index is -2.77. The highest BCUT2D eigenvalue weighted by Crippen LogP contribution is 2.28. The number of halogens is 2. The van der Waals surface area contributed by atoms with Crippen LogP contribution in [0.5, 0.6) is 5.75 Å². The molecule has 1 N–H and O–H groups in total. The molecule has 1 rings (SSSR count). The Balaban J connectivity index is 2.72. The van der Waals surface area contributed by atoms with Crippen molar-refractivity contribution < 1.29 is 13.5 Å². The van der Waals surface area contributed by atoms with Crippen molar-refractivity contribution in [3.63, 3.8) is 0 Å². The van der Waals surface area contributed by atoms with Crippen LogP contribution < -0.4 is 10.1 Å². The van der Waals surface area contributed by atoms with Gasteiger partial charge in [-0.1, -0.05) is 39.8 Å². The maximum absolute atomic E-state index is 12.2. The van der Waals surface area contributed by atoms with Crippen molar-refractivity contribution in [2.75, 3.05) is 6.54 Å². The summed E-state index contributed by atoms with van der Waals surface area (Å²) >= 11 is 0. The topological polar surface area (TPSA) is 21.3 Å². The summed E-state index contributed by atoms with van der Waals surface area (Å²) in [4.78, 5) is 0. The minimum absolute atomic E-state index is 0.207. The van der Waals surface area contributed by atoms with E-state index in [4.69, 9.17) is 0 Å². The fourth-order valence-electron chi connectivity index (χ4n) is 2.16. The van der Waals surface area contributed by atoms with E-state index in [9.17, 15) is 8.78 Å². The molecule has 0 spiro atoms. The molecular weight excluding hydrogens is 272 g/mol. The lowest BCUT2D eigenvalue weighted by Crippen LogP contribution is -2.23. The number of nitrogens with one attached hydrogen (secondary N) is 1. The van der Waals surface area contributed by atoms with Crippen LogP contribution in [0.15, 0.2) is 24.3 Å². The quantitative estimate of drug-likeness (QED) is 0.716. The molecular formula is C17H27F2NO. The molecule has 0 aliphatic heterocycles. The van der Waals surface area contributed by atoms with Crippen molar-refractivity contribution in [3.05, 3.63) is 29.8 Å². The van der Waals surface area contributed by atoms with Crippen LogP contribution in [0, 0.1) is 5.41 Å². The van der Waals surface area contributed by atoms with Gasteiger partial charge in [-0.3, -0.25) is 0 Å². The van der Waals surface area contributed by atoms with Crippen molar-refractivity contribution >= 4 is 0 Å². The van der Waals surface area contributed by atoms with Gasteiger partial charge in [0.2, 0.25) is 0 Å². The number of ether oxygens (including phenoxy) is 1. The van der Waals surface area contributed by atoms with Crippen LogP contribution in [0.4, 0.5) is 8.78 Å². The highest BCUT2D eigenvalue weighted by atomic mass is 19.3. The molecule has 0 fully saturated rings. The van der Waals surface area contributed by atoms with E-state index >= 15 is 0 Å². The molecule has 0 saturated carbocycles. The van der Waals surface area contributed by atoms with Gasteiger partial charge in [0.25, 0.3) is 0 Å². The Hall–Kier alpha value is -1.16. The van der Waals surface area contributed by atoms with Crippen LogP contribution in [0.25, 0.3) is 0 Å². The third-order valence-electron chi connectivity index (χ3n) is 3.33. The van der Waals surface area contributed by atoms with Gasteiger partial charge >= 0.3 is 6.61 Å². The zero-order valence-corrected chi connectivity index (χ0v) is 13.5.